The largest absolute Gasteiger partial charge is 0.456 e. The number of anilines is 3. The molecule has 0 radical (unpaired) electrons. The minimum Gasteiger partial charge on any atom is -0.456 e. The Labute approximate surface area is 436 Å². The third-order valence-corrected chi connectivity index (χ3v) is 14.7. The smallest absolute Gasteiger partial charge is 0.135 e. The zero-order chi connectivity index (χ0) is 49.7. The minimum atomic E-state index is 0.884. The molecule has 14 rings (SSSR count). The van der Waals surface area contributed by atoms with E-state index in [9.17, 15) is 0 Å². The number of fused-ring (bicyclic) bond motifs is 6. The van der Waals surface area contributed by atoms with Crippen molar-refractivity contribution in [3.63, 3.8) is 0 Å². The quantitative estimate of drug-likeness (QED) is 0.136. The zero-order valence-electron chi connectivity index (χ0n) is 41.0. The Morgan fingerprint density at radius 3 is 1.41 bits per heavy atom. The van der Waals surface area contributed by atoms with Gasteiger partial charge in [-0.05, 0) is 170 Å². The Kier molecular flexibility index (Phi) is 10.8. The van der Waals surface area contributed by atoms with Crippen LogP contribution >= 0.6 is 0 Å². The third kappa shape index (κ3) is 8.04. The third-order valence-electron chi connectivity index (χ3n) is 14.7. The molecule has 3 heteroatoms. The number of hydrogen-bond acceptors (Lipinski definition) is 2. The molecule has 12 aromatic carbocycles. The maximum absolute atomic E-state index is 6.33. The first-order valence-corrected chi connectivity index (χ1v) is 25.6. The fourth-order valence-corrected chi connectivity index (χ4v) is 11.2. The Morgan fingerprint density at radius 1 is 0.253 bits per heavy atom. The molecule has 2 aromatic heterocycles. The molecule has 3 nitrogen and oxygen atoms in total. The number of rotatable bonds is 10. The second-order valence-corrected chi connectivity index (χ2v) is 19.3. The molecule has 0 atom stereocenters. The van der Waals surface area contributed by atoms with Crippen molar-refractivity contribution in [2.24, 2.45) is 0 Å². The number of benzene rings is 12. The lowest BCUT2D eigenvalue weighted by molar-refractivity contribution is 0.669. The molecule has 0 spiro atoms. The van der Waals surface area contributed by atoms with Crippen molar-refractivity contribution in [1.29, 1.82) is 0 Å². The molecule has 0 amide bonds. The van der Waals surface area contributed by atoms with Gasteiger partial charge < -0.3 is 13.9 Å². The maximum atomic E-state index is 6.33. The fourth-order valence-electron chi connectivity index (χ4n) is 11.2. The molecule has 0 unspecified atom stereocenters. The van der Waals surface area contributed by atoms with E-state index in [1.807, 2.05) is 12.1 Å². The van der Waals surface area contributed by atoms with Crippen molar-refractivity contribution < 1.29 is 4.42 Å². The molecular formula is C72H48N2O. The highest BCUT2D eigenvalue weighted by Gasteiger charge is 2.20. The van der Waals surface area contributed by atoms with Crippen LogP contribution in [0.4, 0.5) is 17.1 Å². The first-order chi connectivity index (χ1) is 37.2. The van der Waals surface area contributed by atoms with E-state index in [0.29, 0.717) is 0 Å². The zero-order valence-corrected chi connectivity index (χ0v) is 41.0. The second-order valence-electron chi connectivity index (χ2n) is 19.3. The Balaban J connectivity index is 0.957. The number of furan rings is 1. The van der Waals surface area contributed by atoms with Crippen LogP contribution in [-0.2, 0) is 0 Å². The summed E-state index contributed by atoms with van der Waals surface area (Å²) in [6, 6.07) is 105. The molecule has 0 saturated carbocycles. The minimum absolute atomic E-state index is 0.884. The first kappa shape index (κ1) is 43.8. The second kappa shape index (κ2) is 18.6. The van der Waals surface area contributed by atoms with Crippen molar-refractivity contribution in [1.82, 2.24) is 4.57 Å². The monoisotopic (exact) mass is 956 g/mol. The number of hydrogen-bond donors (Lipinski definition) is 0. The van der Waals surface area contributed by atoms with Crippen LogP contribution in [0.25, 0.3) is 116 Å². The van der Waals surface area contributed by atoms with E-state index in [1.165, 1.54) is 44.1 Å². The first-order valence-electron chi connectivity index (χ1n) is 25.6. The molecule has 2 heterocycles. The maximum Gasteiger partial charge on any atom is 0.135 e. The van der Waals surface area contributed by atoms with Crippen LogP contribution in [0.2, 0.25) is 0 Å². The van der Waals surface area contributed by atoms with Crippen LogP contribution in [-0.4, -0.2) is 4.57 Å². The van der Waals surface area contributed by atoms with Gasteiger partial charge in [0.1, 0.15) is 11.2 Å². The number of nitrogens with zero attached hydrogens (tertiary/aromatic N) is 2. The van der Waals surface area contributed by atoms with Crippen molar-refractivity contribution in [2.75, 3.05) is 4.90 Å². The van der Waals surface area contributed by atoms with E-state index >= 15 is 0 Å². The van der Waals surface area contributed by atoms with Gasteiger partial charge >= 0.3 is 0 Å². The van der Waals surface area contributed by atoms with Gasteiger partial charge in [-0.25, -0.2) is 0 Å². The van der Waals surface area contributed by atoms with Gasteiger partial charge in [-0.2, -0.15) is 0 Å². The van der Waals surface area contributed by atoms with E-state index < -0.39 is 0 Å². The standard InChI is InChI=1S/C72H48N2O/c1-5-19-49(20-6-1)53-25-17-28-62(45-53)73(63-46-57(50-21-7-2-8-22-50)42-58(47-63)51-23-9-3-10-24-51)61-38-35-52(36-39-61)55-41-56(54-37-40-71-67(48-54)65-29-14-16-34-70(65)75-71)44-59(43-55)64-31-18-33-69-72(64)66-30-13-15-32-68(66)74(69)60-26-11-4-12-27-60/h1-48H. The summed E-state index contributed by atoms with van der Waals surface area (Å²) >= 11 is 0. The summed E-state index contributed by atoms with van der Waals surface area (Å²) in [5.41, 5.74) is 22.3. The number of para-hydroxylation sites is 3. The summed E-state index contributed by atoms with van der Waals surface area (Å²) in [5.74, 6) is 0. The predicted octanol–water partition coefficient (Wildman–Crippen LogP) is 20.2. The van der Waals surface area contributed by atoms with E-state index in [2.05, 4.69) is 289 Å². The summed E-state index contributed by atoms with van der Waals surface area (Å²) in [6.07, 6.45) is 0. The fraction of sp³-hybridized carbons (Fsp3) is 0. The molecule has 0 saturated heterocycles. The van der Waals surface area contributed by atoms with Crippen molar-refractivity contribution in [3.8, 4) is 72.4 Å². The van der Waals surface area contributed by atoms with Gasteiger partial charge in [0, 0.05) is 44.3 Å². The van der Waals surface area contributed by atoms with Gasteiger partial charge in [-0.3, -0.25) is 0 Å². The number of aromatic nitrogens is 1. The highest BCUT2D eigenvalue weighted by molar-refractivity contribution is 6.16. The molecule has 0 aliphatic carbocycles. The molecule has 14 aromatic rings. The lowest BCUT2D eigenvalue weighted by atomic mass is 9.91. The topological polar surface area (TPSA) is 21.3 Å². The molecule has 0 aliphatic rings. The highest BCUT2D eigenvalue weighted by atomic mass is 16.3. The Morgan fingerprint density at radius 2 is 0.720 bits per heavy atom. The summed E-state index contributed by atoms with van der Waals surface area (Å²) in [7, 11) is 0. The van der Waals surface area contributed by atoms with Crippen LogP contribution in [0, 0.1) is 0 Å². The molecule has 0 fully saturated rings. The molecule has 352 valence electrons. The predicted molar refractivity (Wildman–Crippen MR) is 315 cm³/mol. The molecule has 75 heavy (non-hydrogen) atoms. The van der Waals surface area contributed by atoms with Crippen LogP contribution in [0.1, 0.15) is 0 Å². The average Bonchev–Trinajstić information content (AvgIpc) is 4.04. The van der Waals surface area contributed by atoms with E-state index in [4.69, 9.17) is 4.42 Å². The van der Waals surface area contributed by atoms with E-state index in [0.717, 1.165) is 89.2 Å². The summed E-state index contributed by atoms with van der Waals surface area (Å²) in [6.45, 7) is 0. The lowest BCUT2D eigenvalue weighted by Gasteiger charge is -2.27. The van der Waals surface area contributed by atoms with Gasteiger partial charge in [0.15, 0.2) is 0 Å². The summed E-state index contributed by atoms with van der Waals surface area (Å²) < 4.78 is 8.73. The van der Waals surface area contributed by atoms with Crippen molar-refractivity contribution >= 4 is 60.8 Å². The molecule has 0 aliphatic heterocycles. The molecule has 0 bridgehead atoms. The normalized spacial score (nSPS) is 11.5. The molecular weight excluding hydrogens is 909 g/mol. The summed E-state index contributed by atoms with van der Waals surface area (Å²) in [5, 5.41) is 4.67. The Bertz CT molecular complexity index is 4330. The summed E-state index contributed by atoms with van der Waals surface area (Å²) in [4.78, 5) is 2.41. The van der Waals surface area contributed by atoms with Crippen LogP contribution in [0.5, 0.6) is 0 Å². The van der Waals surface area contributed by atoms with Crippen LogP contribution < -0.4 is 4.90 Å². The van der Waals surface area contributed by atoms with E-state index in [-0.39, 0.29) is 0 Å². The van der Waals surface area contributed by atoms with E-state index in [1.54, 1.807) is 0 Å². The van der Waals surface area contributed by atoms with Gasteiger partial charge in [-0.15, -0.1) is 0 Å². The lowest BCUT2D eigenvalue weighted by Crippen LogP contribution is -2.10. The van der Waals surface area contributed by atoms with Crippen LogP contribution in [0.15, 0.2) is 296 Å². The van der Waals surface area contributed by atoms with Crippen molar-refractivity contribution in [3.05, 3.63) is 291 Å². The van der Waals surface area contributed by atoms with Gasteiger partial charge in [-0.1, -0.05) is 188 Å². The highest BCUT2D eigenvalue weighted by Crippen LogP contribution is 2.45. The average molecular weight is 957 g/mol. The van der Waals surface area contributed by atoms with Gasteiger partial charge in [0.2, 0.25) is 0 Å². The van der Waals surface area contributed by atoms with Gasteiger partial charge in [0.25, 0.3) is 0 Å². The van der Waals surface area contributed by atoms with Crippen molar-refractivity contribution in [2.45, 2.75) is 0 Å². The van der Waals surface area contributed by atoms with Crippen LogP contribution in [0.3, 0.4) is 0 Å². The SMILES string of the molecule is c1ccc(-c2cccc(N(c3ccc(-c4cc(-c5ccc6oc7ccccc7c6c5)cc(-c5cccc6c5c5ccccc5n6-c5ccccc5)c4)cc3)c3cc(-c4ccccc4)cc(-c4ccccc4)c3)c2)cc1. The van der Waals surface area contributed by atoms with Gasteiger partial charge in [0.05, 0.1) is 11.0 Å². The molecule has 0 N–H and O–H groups in total. The Hall–Kier alpha value is -9.96.